The van der Waals surface area contributed by atoms with Crippen LogP contribution in [0.2, 0.25) is 5.02 Å². The number of rotatable bonds is 4. The van der Waals surface area contributed by atoms with Gasteiger partial charge in [0.05, 0.1) is 22.3 Å². The number of amides is 1. The van der Waals surface area contributed by atoms with Crippen molar-refractivity contribution in [2.75, 3.05) is 31.1 Å². The first-order valence-electron chi connectivity index (χ1n) is 11.8. The summed E-state index contributed by atoms with van der Waals surface area (Å²) < 4.78 is 3.28. The predicted octanol–water partition coefficient (Wildman–Crippen LogP) is 4.11. The zero-order chi connectivity index (χ0) is 24.7. The van der Waals surface area contributed by atoms with Crippen LogP contribution >= 0.6 is 11.6 Å². The van der Waals surface area contributed by atoms with Gasteiger partial charge in [0, 0.05) is 43.1 Å². The Labute approximate surface area is 209 Å². The number of aromatic nitrogens is 3. The molecule has 0 spiro atoms. The summed E-state index contributed by atoms with van der Waals surface area (Å²) in [6, 6.07) is 15.8. The van der Waals surface area contributed by atoms with E-state index in [4.69, 9.17) is 11.6 Å². The molecule has 1 saturated heterocycles. The Morgan fingerprint density at radius 3 is 2.40 bits per heavy atom. The zero-order valence-corrected chi connectivity index (χ0v) is 20.9. The van der Waals surface area contributed by atoms with E-state index in [9.17, 15) is 9.59 Å². The Morgan fingerprint density at radius 2 is 1.69 bits per heavy atom. The maximum absolute atomic E-state index is 13.3. The number of benzene rings is 2. The standard InChI is InChI=1S/C27H28ClN5O2/c1-18-4-8-22(9-5-18)33-23-10-11-32(27(35)26(23)20(3)29-33)17-25(34)31-14-12-30(13-15-31)24-16-21(28)7-6-19(24)2/h4-11,16H,12-15,17H2,1-3H3. The molecular weight excluding hydrogens is 462 g/mol. The second-order valence-electron chi connectivity index (χ2n) is 9.14. The first-order chi connectivity index (χ1) is 16.8. The van der Waals surface area contributed by atoms with Crippen molar-refractivity contribution >= 4 is 34.1 Å². The fourth-order valence-electron chi connectivity index (χ4n) is 4.71. The molecule has 0 radical (unpaired) electrons. The van der Waals surface area contributed by atoms with Gasteiger partial charge in [-0.15, -0.1) is 0 Å². The summed E-state index contributed by atoms with van der Waals surface area (Å²) in [5, 5.41) is 5.86. The van der Waals surface area contributed by atoms with Gasteiger partial charge in [-0.2, -0.15) is 5.10 Å². The number of hydrogen-bond acceptors (Lipinski definition) is 4. The highest BCUT2D eigenvalue weighted by molar-refractivity contribution is 6.30. The number of nitrogens with zero attached hydrogens (tertiary/aromatic N) is 5. The summed E-state index contributed by atoms with van der Waals surface area (Å²) in [5.74, 6) is -0.0579. The van der Waals surface area contributed by atoms with Crippen LogP contribution in [0.15, 0.2) is 59.5 Å². The number of aryl methyl sites for hydroxylation is 3. The van der Waals surface area contributed by atoms with Crippen LogP contribution in [0, 0.1) is 20.8 Å². The Kier molecular flexibility index (Phi) is 6.11. The fraction of sp³-hybridized carbons (Fsp3) is 0.296. The summed E-state index contributed by atoms with van der Waals surface area (Å²) in [6.45, 7) is 8.60. The molecule has 0 bridgehead atoms. The van der Waals surface area contributed by atoms with Crippen LogP contribution in [0.1, 0.15) is 16.8 Å². The minimum atomic E-state index is -0.195. The van der Waals surface area contributed by atoms with Crippen molar-refractivity contribution in [2.45, 2.75) is 27.3 Å². The molecule has 2 aromatic heterocycles. The first-order valence-corrected chi connectivity index (χ1v) is 12.1. The number of hydrogen-bond donors (Lipinski definition) is 0. The van der Waals surface area contributed by atoms with Crippen molar-refractivity contribution in [1.82, 2.24) is 19.2 Å². The topological polar surface area (TPSA) is 63.4 Å². The molecule has 35 heavy (non-hydrogen) atoms. The number of pyridine rings is 1. The van der Waals surface area contributed by atoms with Crippen LogP contribution < -0.4 is 10.5 Å². The van der Waals surface area contributed by atoms with E-state index in [0.29, 0.717) is 29.2 Å². The summed E-state index contributed by atoms with van der Waals surface area (Å²) in [6.07, 6.45) is 1.69. The van der Waals surface area contributed by atoms with Gasteiger partial charge >= 0.3 is 0 Å². The predicted molar refractivity (Wildman–Crippen MR) is 140 cm³/mol. The molecule has 4 aromatic rings. The minimum absolute atomic E-state index is 0.0140. The van der Waals surface area contributed by atoms with Gasteiger partial charge in [0.25, 0.3) is 5.56 Å². The highest BCUT2D eigenvalue weighted by Gasteiger charge is 2.23. The minimum Gasteiger partial charge on any atom is -0.368 e. The number of halogens is 1. The fourth-order valence-corrected chi connectivity index (χ4v) is 4.87. The lowest BCUT2D eigenvalue weighted by atomic mass is 10.1. The number of fused-ring (bicyclic) bond motifs is 1. The van der Waals surface area contributed by atoms with Crippen LogP contribution in [0.25, 0.3) is 16.6 Å². The van der Waals surface area contributed by atoms with E-state index in [0.717, 1.165) is 41.1 Å². The van der Waals surface area contributed by atoms with Crippen LogP contribution in [0.3, 0.4) is 0 Å². The lowest BCUT2D eigenvalue weighted by Gasteiger charge is -2.37. The highest BCUT2D eigenvalue weighted by atomic mass is 35.5. The van der Waals surface area contributed by atoms with E-state index < -0.39 is 0 Å². The normalized spacial score (nSPS) is 14.1. The van der Waals surface area contributed by atoms with E-state index in [1.807, 2.05) is 67.3 Å². The molecule has 180 valence electrons. The molecule has 1 aliphatic heterocycles. The Hall–Kier alpha value is -3.58. The second kappa shape index (κ2) is 9.23. The molecular formula is C27H28ClN5O2. The van der Waals surface area contributed by atoms with Gasteiger partial charge in [-0.1, -0.05) is 35.4 Å². The molecule has 8 heteroatoms. The van der Waals surface area contributed by atoms with Gasteiger partial charge in [-0.25, -0.2) is 4.68 Å². The summed E-state index contributed by atoms with van der Waals surface area (Å²) in [7, 11) is 0. The number of anilines is 1. The Morgan fingerprint density at radius 1 is 0.971 bits per heavy atom. The summed E-state index contributed by atoms with van der Waals surface area (Å²) in [5.41, 5.74) is 5.52. The molecule has 0 unspecified atom stereocenters. The second-order valence-corrected chi connectivity index (χ2v) is 9.58. The summed E-state index contributed by atoms with van der Waals surface area (Å²) >= 11 is 6.19. The number of piperazine rings is 1. The molecule has 0 N–H and O–H groups in total. The third-order valence-electron chi connectivity index (χ3n) is 6.71. The number of carbonyl (C=O) groups is 1. The molecule has 2 aromatic carbocycles. The van der Waals surface area contributed by atoms with Gasteiger partial charge in [0.15, 0.2) is 0 Å². The van der Waals surface area contributed by atoms with Gasteiger partial charge in [0.1, 0.15) is 6.54 Å². The molecule has 1 fully saturated rings. The first kappa shape index (κ1) is 23.2. The smallest absolute Gasteiger partial charge is 0.262 e. The monoisotopic (exact) mass is 489 g/mol. The van der Waals surface area contributed by atoms with Crippen LogP contribution in [0.4, 0.5) is 5.69 Å². The van der Waals surface area contributed by atoms with Crippen LogP contribution in [0.5, 0.6) is 0 Å². The van der Waals surface area contributed by atoms with E-state index >= 15 is 0 Å². The summed E-state index contributed by atoms with van der Waals surface area (Å²) in [4.78, 5) is 30.4. The van der Waals surface area contributed by atoms with E-state index in [1.54, 1.807) is 10.9 Å². The molecule has 3 heterocycles. The van der Waals surface area contributed by atoms with Crippen LogP contribution in [-0.4, -0.2) is 51.3 Å². The van der Waals surface area contributed by atoms with Gasteiger partial charge in [-0.05, 0) is 56.7 Å². The molecule has 7 nitrogen and oxygen atoms in total. The lowest BCUT2D eigenvalue weighted by Crippen LogP contribution is -2.50. The van der Waals surface area contributed by atoms with Crippen molar-refractivity contribution in [3.63, 3.8) is 0 Å². The molecule has 1 aliphatic rings. The van der Waals surface area contributed by atoms with Gasteiger partial charge in [-0.3, -0.25) is 9.59 Å². The lowest BCUT2D eigenvalue weighted by molar-refractivity contribution is -0.132. The maximum Gasteiger partial charge on any atom is 0.262 e. The molecule has 0 atom stereocenters. The van der Waals surface area contributed by atoms with Gasteiger partial charge < -0.3 is 14.4 Å². The van der Waals surface area contributed by atoms with Crippen molar-refractivity contribution in [2.24, 2.45) is 0 Å². The largest absolute Gasteiger partial charge is 0.368 e. The van der Waals surface area contributed by atoms with Crippen LogP contribution in [-0.2, 0) is 11.3 Å². The van der Waals surface area contributed by atoms with E-state index in [-0.39, 0.29) is 18.0 Å². The maximum atomic E-state index is 13.3. The Balaban J connectivity index is 1.33. The highest BCUT2D eigenvalue weighted by Crippen LogP contribution is 2.25. The number of carbonyl (C=O) groups excluding carboxylic acids is 1. The van der Waals surface area contributed by atoms with Crippen molar-refractivity contribution in [1.29, 1.82) is 0 Å². The van der Waals surface area contributed by atoms with E-state index in [1.165, 1.54) is 4.57 Å². The average molecular weight is 490 g/mol. The van der Waals surface area contributed by atoms with Crippen molar-refractivity contribution < 1.29 is 4.79 Å². The zero-order valence-electron chi connectivity index (χ0n) is 20.2. The average Bonchev–Trinajstić information content (AvgIpc) is 3.20. The molecule has 5 rings (SSSR count). The molecule has 0 saturated carbocycles. The third kappa shape index (κ3) is 4.44. The van der Waals surface area contributed by atoms with Crippen molar-refractivity contribution in [3.8, 4) is 5.69 Å². The van der Waals surface area contributed by atoms with E-state index in [2.05, 4.69) is 16.9 Å². The van der Waals surface area contributed by atoms with Crippen molar-refractivity contribution in [3.05, 3.63) is 86.9 Å². The van der Waals surface area contributed by atoms with Gasteiger partial charge in [0.2, 0.25) is 5.91 Å². The Bertz CT molecular complexity index is 1460. The molecule has 1 amide bonds. The quantitative estimate of drug-likeness (QED) is 0.432. The third-order valence-corrected chi connectivity index (χ3v) is 6.95. The molecule has 0 aliphatic carbocycles. The SMILES string of the molecule is Cc1ccc(-n2nc(C)c3c(=O)n(CC(=O)N4CCN(c5cc(Cl)ccc5C)CC4)ccc32)cc1.